The fraction of sp³-hybridized carbons (Fsp3) is 0.750. The molecular weight excluding hydrogens is 176 g/mol. The smallest absolute Gasteiger partial charge is 0.309 e. The fourth-order valence-electron chi connectivity index (χ4n) is 1.32. The van der Waals surface area contributed by atoms with Gasteiger partial charge < -0.3 is 5.11 Å². The molecule has 2 heteroatoms. The molecule has 2 nitrogen and oxygen atoms in total. The van der Waals surface area contributed by atoms with Gasteiger partial charge in [0.05, 0.1) is 5.41 Å². The lowest BCUT2D eigenvalue weighted by atomic mass is 9.87. The molecule has 0 aliphatic rings. The molecule has 0 amide bonds. The highest BCUT2D eigenvalue weighted by molar-refractivity contribution is 5.73. The largest absolute Gasteiger partial charge is 0.481 e. The van der Waals surface area contributed by atoms with Gasteiger partial charge in [-0.15, -0.1) is 6.58 Å². The molecule has 0 aromatic rings. The Balaban J connectivity index is 3.44. The molecule has 14 heavy (non-hydrogen) atoms. The number of carbonyl (C=O) groups is 1. The number of hydrogen-bond acceptors (Lipinski definition) is 1. The zero-order chi connectivity index (χ0) is 11.0. The van der Waals surface area contributed by atoms with Crippen LogP contribution in [0.5, 0.6) is 0 Å². The molecule has 0 saturated heterocycles. The molecule has 0 bridgehead atoms. The van der Waals surface area contributed by atoms with E-state index in [0.717, 1.165) is 25.7 Å². The highest BCUT2D eigenvalue weighted by atomic mass is 16.4. The summed E-state index contributed by atoms with van der Waals surface area (Å²) in [6.45, 7) is 7.24. The average molecular weight is 198 g/mol. The van der Waals surface area contributed by atoms with Crippen LogP contribution in [-0.4, -0.2) is 11.1 Å². The minimum atomic E-state index is -0.691. The minimum absolute atomic E-state index is 0.557. The van der Waals surface area contributed by atoms with Crippen molar-refractivity contribution in [2.75, 3.05) is 0 Å². The van der Waals surface area contributed by atoms with Crippen molar-refractivity contribution in [2.24, 2.45) is 5.41 Å². The number of unbranched alkanes of at least 4 members (excludes halogenated alkanes) is 4. The molecule has 0 fully saturated rings. The van der Waals surface area contributed by atoms with E-state index in [9.17, 15) is 4.79 Å². The first-order valence-electron chi connectivity index (χ1n) is 5.35. The summed E-state index contributed by atoms with van der Waals surface area (Å²) in [5.74, 6) is -0.691. The number of allylic oxidation sites excluding steroid dienone is 1. The Morgan fingerprint density at radius 2 is 1.86 bits per heavy atom. The van der Waals surface area contributed by atoms with E-state index >= 15 is 0 Å². The van der Waals surface area contributed by atoms with E-state index in [4.69, 9.17) is 5.11 Å². The highest BCUT2D eigenvalue weighted by Crippen LogP contribution is 2.24. The van der Waals surface area contributed by atoms with E-state index in [1.54, 1.807) is 13.8 Å². The van der Waals surface area contributed by atoms with Gasteiger partial charge in [0.25, 0.3) is 0 Å². The first-order valence-corrected chi connectivity index (χ1v) is 5.35. The predicted molar refractivity (Wildman–Crippen MR) is 59.3 cm³/mol. The van der Waals surface area contributed by atoms with Crippen LogP contribution in [0.2, 0.25) is 0 Å². The van der Waals surface area contributed by atoms with Crippen molar-refractivity contribution < 1.29 is 9.90 Å². The van der Waals surface area contributed by atoms with E-state index in [-0.39, 0.29) is 0 Å². The van der Waals surface area contributed by atoms with Crippen LogP contribution in [-0.2, 0) is 4.79 Å². The van der Waals surface area contributed by atoms with Crippen LogP contribution >= 0.6 is 0 Å². The van der Waals surface area contributed by atoms with Gasteiger partial charge in [-0.05, 0) is 33.1 Å². The Kier molecular flexibility index (Phi) is 6.26. The topological polar surface area (TPSA) is 37.3 Å². The molecule has 0 spiro atoms. The average Bonchev–Trinajstić information content (AvgIpc) is 2.10. The normalized spacial score (nSPS) is 11.3. The monoisotopic (exact) mass is 198 g/mol. The summed E-state index contributed by atoms with van der Waals surface area (Å²) in [5.41, 5.74) is -0.557. The van der Waals surface area contributed by atoms with Crippen LogP contribution in [0.1, 0.15) is 52.4 Å². The molecule has 0 aliphatic carbocycles. The van der Waals surface area contributed by atoms with Gasteiger partial charge in [-0.2, -0.15) is 0 Å². The van der Waals surface area contributed by atoms with E-state index in [0.29, 0.717) is 0 Å². The number of hydrogen-bond donors (Lipinski definition) is 1. The molecule has 0 unspecified atom stereocenters. The molecule has 0 aromatic heterocycles. The van der Waals surface area contributed by atoms with E-state index in [1.165, 1.54) is 12.8 Å². The summed E-state index contributed by atoms with van der Waals surface area (Å²) in [6, 6.07) is 0. The molecule has 1 N–H and O–H groups in total. The Labute approximate surface area is 87.0 Å². The quantitative estimate of drug-likeness (QED) is 0.477. The van der Waals surface area contributed by atoms with Gasteiger partial charge in [-0.3, -0.25) is 4.79 Å². The summed E-state index contributed by atoms with van der Waals surface area (Å²) in [7, 11) is 0. The number of carboxylic acid groups (broad SMARTS) is 1. The summed E-state index contributed by atoms with van der Waals surface area (Å²) in [4.78, 5) is 10.8. The Morgan fingerprint density at radius 3 is 2.36 bits per heavy atom. The Bertz CT molecular complexity index is 183. The summed E-state index contributed by atoms with van der Waals surface area (Å²) in [6.07, 6.45) is 8.28. The second-order valence-electron chi connectivity index (χ2n) is 4.43. The maximum Gasteiger partial charge on any atom is 0.309 e. The van der Waals surface area contributed by atoms with Crippen molar-refractivity contribution in [3.05, 3.63) is 12.7 Å². The van der Waals surface area contributed by atoms with Crippen molar-refractivity contribution in [1.82, 2.24) is 0 Å². The zero-order valence-electron chi connectivity index (χ0n) is 9.38. The molecule has 0 aromatic carbocycles. The highest BCUT2D eigenvalue weighted by Gasteiger charge is 2.25. The van der Waals surface area contributed by atoms with Crippen LogP contribution < -0.4 is 0 Å². The number of rotatable bonds is 8. The predicted octanol–water partition coefficient (Wildman–Crippen LogP) is 3.62. The SMILES string of the molecule is C=CCCCCCCC(C)(C)C(=O)O. The van der Waals surface area contributed by atoms with Gasteiger partial charge in [-0.25, -0.2) is 0 Å². The third kappa shape index (κ3) is 5.79. The zero-order valence-corrected chi connectivity index (χ0v) is 9.38. The molecule has 0 aliphatic heterocycles. The van der Waals surface area contributed by atoms with Gasteiger partial charge in [-0.1, -0.05) is 25.3 Å². The van der Waals surface area contributed by atoms with Crippen LogP contribution in [0, 0.1) is 5.41 Å². The van der Waals surface area contributed by atoms with Crippen molar-refractivity contribution in [3.8, 4) is 0 Å². The minimum Gasteiger partial charge on any atom is -0.481 e. The first-order chi connectivity index (χ1) is 6.50. The Hall–Kier alpha value is -0.790. The lowest BCUT2D eigenvalue weighted by Gasteiger charge is -2.18. The fourth-order valence-corrected chi connectivity index (χ4v) is 1.32. The third-order valence-electron chi connectivity index (χ3n) is 2.54. The second kappa shape index (κ2) is 6.63. The maximum absolute atomic E-state index is 10.8. The van der Waals surface area contributed by atoms with Crippen molar-refractivity contribution in [2.45, 2.75) is 52.4 Å². The van der Waals surface area contributed by atoms with Crippen molar-refractivity contribution in [3.63, 3.8) is 0 Å². The van der Waals surface area contributed by atoms with E-state index in [2.05, 4.69) is 6.58 Å². The number of carboxylic acids is 1. The maximum atomic E-state index is 10.8. The van der Waals surface area contributed by atoms with Crippen LogP contribution in [0.3, 0.4) is 0 Å². The second-order valence-corrected chi connectivity index (χ2v) is 4.43. The van der Waals surface area contributed by atoms with Gasteiger partial charge in [0.2, 0.25) is 0 Å². The molecule has 0 atom stereocenters. The first kappa shape index (κ1) is 13.2. The van der Waals surface area contributed by atoms with E-state index < -0.39 is 11.4 Å². The van der Waals surface area contributed by atoms with Gasteiger partial charge >= 0.3 is 5.97 Å². The molecule has 0 radical (unpaired) electrons. The van der Waals surface area contributed by atoms with Crippen molar-refractivity contribution >= 4 is 5.97 Å². The van der Waals surface area contributed by atoms with Crippen molar-refractivity contribution in [1.29, 1.82) is 0 Å². The Morgan fingerprint density at radius 1 is 1.29 bits per heavy atom. The lowest BCUT2D eigenvalue weighted by Crippen LogP contribution is -2.23. The van der Waals surface area contributed by atoms with Crippen LogP contribution in [0.25, 0.3) is 0 Å². The summed E-state index contributed by atoms with van der Waals surface area (Å²) < 4.78 is 0. The molecule has 0 saturated carbocycles. The van der Waals surface area contributed by atoms with Gasteiger partial charge in [0.1, 0.15) is 0 Å². The van der Waals surface area contributed by atoms with Gasteiger partial charge in [0.15, 0.2) is 0 Å². The molecule has 0 rings (SSSR count). The molecule has 82 valence electrons. The standard InChI is InChI=1S/C12H22O2/c1-4-5-6-7-8-9-10-12(2,3)11(13)14/h4H,1,5-10H2,2-3H3,(H,13,14). The molecule has 0 heterocycles. The van der Waals surface area contributed by atoms with Gasteiger partial charge in [0, 0.05) is 0 Å². The summed E-state index contributed by atoms with van der Waals surface area (Å²) in [5, 5.41) is 8.87. The lowest BCUT2D eigenvalue weighted by molar-refractivity contribution is -0.147. The molecular formula is C12H22O2. The summed E-state index contributed by atoms with van der Waals surface area (Å²) >= 11 is 0. The number of aliphatic carboxylic acids is 1. The third-order valence-corrected chi connectivity index (χ3v) is 2.54. The van der Waals surface area contributed by atoms with E-state index in [1.807, 2.05) is 6.08 Å². The van der Waals surface area contributed by atoms with Crippen LogP contribution in [0.4, 0.5) is 0 Å². The van der Waals surface area contributed by atoms with Crippen LogP contribution in [0.15, 0.2) is 12.7 Å².